The van der Waals surface area contributed by atoms with Crippen LogP contribution in [0.2, 0.25) is 0 Å². The summed E-state index contributed by atoms with van der Waals surface area (Å²) in [5, 5.41) is 2.98. The van der Waals surface area contributed by atoms with Crippen molar-refractivity contribution in [3.8, 4) is 0 Å². The smallest absolute Gasteiger partial charge is 0.238 e. The Labute approximate surface area is 143 Å². The van der Waals surface area contributed by atoms with Crippen LogP contribution >= 0.6 is 0 Å². The zero-order chi connectivity index (χ0) is 16.9. The lowest BCUT2D eigenvalue weighted by Gasteiger charge is -2.35. The Kier molecular flexibility index (Phi) is 5.15. The average Bonchev–Trinajstić information content (AvgIpc) is 3.04. The number of imidazole rings is 1. The fraction of sp³-hybridized carbons (Fsp3) is 0.444. The highest BCUT2D eigenvalue weighted by molar-refractivity contribution is 5.92. The third kappa shape index (κ3) is 3.94. The maximum absolute atomic E-state index is 12.2. The van der Waals surface area contributed by atoms with Gasteiger partial charge in [0.1, 0.15) is 0 Å². The van der Waals surface area contributed by atoms with Crippen molar-refractivity contribution < 1.29 is 4.79 Å². The number of aryl methyl sites for hydroxylation is 2. The fourth-order valence-corrected chi connectivity index (χ4v) is 3.06. The first-order chi connectivity index (χ1) is 11.7. The molecule has 1 aromatic carbocycles. The van der Waals surface area contributed by atoms with Gasteiger partial charge in [0.05, 0.1) is 6.54 Å². The topological polar surface area (TPSA) is 53.4 Å². The normalized spacial score (nSPS) is 15.5. The van der Waals surface area contributed by atoms with Gasteiger partial charge in [0.2, 0.25) is 11.9 Å². The first-order valence-corrected chi connectivity index (χ1v) is 8.50. The number of piperazine rings is 1. The monoisotopic (exact) mass is 327 g/mol. The number of hydrogen-bond acceptors (Lipinski definition) is 4. The molecule has 0 saturated carbocycles. The minimum absolute atomic E-state index is 0.0455. The molecule has 0 atom stereocenters. The summed E-state index contributed by atoms with van der Waals surface area (Å²) < 4.78 is 2.15. The zero-order valence-corrected chi connectivity index (χ0v) is 14.4. The molecule has 2 heterocycles. The van der Waals surface area contributed by atoms with Crippen molar-refractivity contribution in [3.05, 3.63) is 42.2 Å². The van der Waals surface area contributed by atoms with Crippen LogP contribution in [0.4, 0.5) is 11.6 Å². The van der Waals surface area contributed by atoms with Gasteiger partial charge < -0.3 is 14.8 Å². The molecule has 0 aliphatic carbocycles. The van der Waals surface area contributed by atoms with E-state index in [1.807, 2.05) is 43.6 Å². The molecule has 1 fully saturated rings. The molecule has 1 aromatic heterocycles. The van der Waals surface area contributed by atoms with Crippen LogP contribution in [0.3, 0.4) is 0 Å². The van der Waals surface area contributed by atoms with Crippen LogP contribution in [0, 0.1) is 6.92 Å². The molecular weight excluding hydrogens is 302 g/mol. The summed E-state index contributed by atoms with van der Waals surface area (Å²) in [6, 6.07) is 7.89. The van der Waals surface area contributed by atoms with Gasteiger partial charge in [0, 0.05) is 50.8 Å². The second kappa shape index (κ2) is 7.49. The van der Waals surface area contributed by atoms with Gasteiger partial charge in [-0.1, -0.05) is 12.1 Å². The van der Waals surface area contributed by atoms with Gasteiger partial charge in [0.15, 0.2) is 0 Å². The van der Waals surface area contributed by atoms with Gasteiger partial charge in [-0.3, -0.25) is 9.69 Å². The van der Waals surface area contributed by atoms with Crippen molar-refractivity contribution >= 4 is 17.5 Å². The minimum atomic E-state index is 0.0455. The second-order valence-electron chi connectivity index (χ2n) is 6.19. The number of aromatic nitrogens is 2. The Balaban J connectivity index is 1.49. The number of nitrogens with one attached hydrogen (secondary N) is 1. The lowest BCUT2D eigenvalue weighted by atomic mass is 10.2. The van der Waals surface area contributed by atoms with Crippen molar-refractivity contribution in [1.29, 1.82) is 0 Å². The molecule has 24 heavy (non-hydrogen) atoms. The molecule has 1 aliphatic rings. The summed E-state index contributed by atoms with van der Waals surface area (Å²) in [5.74, 6) is 1.07. The lowest BCUT2D eigenvalue weighted by Crippen LogP contribution is -2.49. The highest BCUT2D eigenvalue weighted by atomic mass is 16.2. The second-order valence-corrected chi connectivity index (χ2v) is 6.19. The molecule has 128 valence electrons. The molecule has 1 amide bonds. The minimum Gasteiger partial charge on any atom is -0.340 e. The van der Waals surface area contributed by atoms with Crippen LogP contribution in [0.25, 0.3) is 0 Å². The largest absolute Gasteiger partial charge is 0.340 e. The summed E-state index contributed by atoms with van der Waals surface area (Å²) in [6.07, 6.45) is 3.86. The molecule has 6 nitrogen and oxygen atoms in total. The predicted octanol–water partition coefficient (Wildman–Crippen LogP) is 1.97. The summed E-state index contributed by atoms with van der Waals surface area (Å²) in [4.78, 5) is 21.2. The van der Waals surface area contributed by atoms with Crippen molar-refractivity contribution in [2.75, 3.05) is 42.9 Å². The number of anilines is 2. The van der Waals surface area contributed by atoms with E-state index >= 15 is 0 Å². The van der Waals surface area contributed by atoms with Crippen molar-refractivity contribution in [1.82, 2.24) is 14.5 Å². The third-order valence-electron chi connectivity index (χ3n) is 4.36. The van der Waals surface area contributed by atoms with Crippen molar-refractivity contribution in [2.45, 2.75) is 20.4 Å². The Morgan fingerprint density at radius 2 is 2.04 bits per heavy atom. The molecule has 1 saturated heterocycles. The van der Waals surface area contributed by atoms with Crippen molar-refractivity contribution in [2.24, 2.45) is 0 Å². The number of amides is 1. The molecule has 0 radical (unpaired) electrons. The number of carbonyl (C=O) groups is 1. The van der Waals surface area contributed by atoms with Crippen LogP contribution in [0.5, 0.6) is 0 Å². The van der Waals surface area contributed by atoms with Crippen LogP contribution in [0.1, 0.15) is 12.5 Å². The van der Waals surface area contributed by atoms with Gasteiger partial charge in [-0.2, -0.15) is 0 Å². The number of rotatable bonds is 5. The van der Waals surface area contributed by atoms with E-state index in [0.717, 1.165) is 49.9 Å². The van der Waals surface area contributed by atoms with E-state index in [9.17, 15) is 4.79 Å². The summed E-state index contributed by atoms with van der Waals surface area (Å²) in [6.45, 7) is 9.05. The molecular formula is C18H25N5O. The van der Waals surface area contributed by atoms with Gasteiger partial charge in [-0.05, 0) is 31.5 Å². The highest BCUT2D eigenvalue weighted by Gasteiger charge is 2.21. The van der Waals surface area contributed by atoms with Gasteiger partial charge >= 0.3 is 0 Å². The van der Waals surface area contributed by atoms with Crippen LogP contribution in [-0.2, 0) is 11.3 Å². The van der Waals surface area contributed by atoms with Crippen LogP contribution < -0.4 is 10.2 Å². The van der Waals surface area contributed by atoms with E-state index in [1.165, 1.54) is 0 Å². The highest BCUT2D eigenvalue weighted by Crippen LogP contribution is 2.14. The fourth-order valence-electron chi connectivity index (χ4n) is 3.06. The van der Waals surface area contributed by atoms with Gasteiger partial charge in [-0.15, -0.1) is 0 Å². The van der Waals surface area contributed by atoms with Crippen LogP contribution in [-0.4, -0.2) is 53.1 Å². The van der Waals surface area contributed by atoms with E-state index in [2.05, 4.69) is 31.6 Å². The quantitative estimate of drug-likeness (QED) is 0.912. The third-order valence-corrected chi connectivity index (χ3v) is 4.36. The number of benzene rings is 1. The molecule has 6 heteroatoms. The zero-order valence-electron chi connectivity index (χ0n) is 14.4. The first kappa shape index (κ1) is 16.5. The molecule has 2 aromatic rings. The Morgan fingerprint density at radius 3 is 2.75 bits per heavy atom. The maximum Gasteiger partial charge on any atom is 0.238 e. The molecule has 0 bridgehead atoms. The van der Waals surface area contributed by atoms with Crippen LogP contribution in [0.15, 0.2) is 36.7 Å². The Bertz CT molecular complexity index is 688. The molecule has 1 aliphatic heterocycles. The molecule has 1 N–H and O–H groups in total. The Morgan fingerprint density at radius 1 is 1.25 bits per heavy atom. The maximum atomic E-state index is 12.2. The standard InChI is InChI=1S/C18H25N5O/c1-3-22-8-7-19-18(22)23-11-9-21(10-12-23)14-17(24)20-16-6-4-5-15(2)13-16/h4-8,13H,3,9-12,14H2,1-2H3,(H,20,24). The summed E-state index contributed by atoms with van der Waals surface area (Å²) in [5.41, 5.74) is 2.01. The Hall–Kier alpha value is -2.34. The van der Waals surface area contributed by atoms with Crippen molar-refractivity contribution in [3.63, 3.8) is 0 Å². The van der Waals surface area contributed by atoms with E-state index < -0.39 is 0 Å². The van der Waals surface area contributed by atoms with E-state index in [4.69, 9.17) is 0 Å². The summed E-state index contributed by atoms with van der Waals surface area (Å²) in [7, 11) is 0. The molecule has 0 unspecified atom stereocenters. The van der Waals surface area contributed by atoms with E-state index in [1.54, 1.807) is 0 Å². The number of carbonyl (C=O) groups excluding carboxylic acids is 1. The SMILES string of the molecule is CCn1ccnc1N1CCN(CC(=O)Nc2cccc(C)c2)CC1. The van der Waals surface area contributed by atoms with Gasteiger partial charge in [-0.25, -0.2) is 4.98 Å². The molecule has 0 spiro atoms. The molecule has 3 rings (SSSR count). The average molecular weight is 327 g/mol. The van der Waals surface area contributed by atoms with E-state index in [-0.39, 0.29) is 5.91 Å². The lowest BCUT2D eigenvalue weighted by molar-refractivity contribution is -0.117. The van der Waals surface area contributed by atoms with Gasteiger partial charge in [0.25, 0.3) is 0 Å². The predicted molar refractivity (Wildman–Crippen MR) is 96.4 cm³/mol. The number of hydrogen-bond donors (Lipinski definition) is 1. The number of nitrogens with zero attached hydrogens (tertiary/aromatic N) is 4. The first-order valence-electron chi connectivity index (χ1n) is 8.50. The summed E-state index contributed by atoms with van der Waals surface area (Å²) >= 11 is 0. The van der Waals surface area contributed by atoms with E-state index in [0.29, 0.717) is 6.54 Å².